The van der Waals surface area contributed by atoms with E-state index in [4.69, 9.17) is 14.2 Å². The Hall–Kier alpha value is -1.86. The zero-order valence-corrected chi connectivity index (χ0v) is 50.2. The van der Waals surface area contributed by atoms with Crippen molar-refractivity contribution in [2.45, 2.75) is 365 Å². The molecule has 0 saturated carbocycles. The Bertz CT molecular complexity index is 1330. The van der Waals surface area contributed by atoms with E-state index in [0.717, 1.165) is 57.8 Å². The number of unbranched alkanes of at least 4 members (excludes halogenated alkanes) is 42. The summed E-state index contributed by atoms with van der Waals surface area (Å²) in [5.74, 6) is -0.180. The smallest absolute Gasteiger partial charge is 0.305 e. The van der Waals surface area contributed by atoms with Gasteiger partial charge in [-0.05, 0) is 57.8 Å². The molecule has 0 bridgehead atoms. The molecular weight excluding hydrogens is 967 g/mol. The lowest BCUT2D eigenvalue weighted by Crippen LogP contribution is -2.60. The Morgan fingerprint density at radius 3 is 1.25 bits per heavy atom. The molecule has 7 atom stereocenters. The van der Waals surface area contributed by atoms with E-state index in [1.165, 1.54) is 238 Å². The normalized spacial score (nSPS) is 18.7. The van der Waals surface area contributed by atoms with E-state index >= 15 is 0 Å². The van der Waals surface area contributed by atoms with E-state index in [-0.39, 0.29) is 18.5 Å². The number of hydrogen-bond acceptors (Lipinski definition) is 10. The summed E-state index contributed by atoms with van der Waals surface area (Å²) < 4.78 is 16.7. The van der Waals surface area contributed by atoms with Gasteiger partial charge in [0, 0.05) is 12.8 Å². The van der Waals surface area contributed by atoms with Crippen LogP contribution in [0.1, 0.15) is 322 Å². The summed E-state index contributed by atoms with van der Waals surface area (Å²) in [7, 11) is 0. The van der Waals surface area contributed by atoms with Crippen molar-refractivity contribution in [2.24, 2.45) is 0 Å². The fraction of sp³-hybridized carbons (Fsp3) is 0.909. The minimum absolute atomic E-state index is 0.00295. The highest BCUT2D eigenvalue weighted by Crippen LogP contribution is 2.23. The number of carbonyl (C=O) groups excluding carboxylic acids is 2. The highest BCUT2D eigenvalue weighted by atomic mass is 16.7. The van der Waals surface area contributed by atoms with Gasteiger partial charge in [-0.1, -0.05) is 276 Å². The molecule has 0 aromatic rings. The topological polar surface area (TPSA) is 175 Å². The van der Waals surface area contributed by atoms with E-state index < -0.39 is 49.5 Å². The summed E-state index contributed by atoms with van der Waals surface area (Å²) in [6.45, 7) is 4.36. The zero-order valence-electron chi connectivity index (χ0n) is 50.2. The predicted octanol–water partition coefficient (Wildman–Crippen LogP) is 16.1. The average Bonchev–Trinajstić information content (AvgIpc) is 3.43. The van der Waals surface area contributed by atoms with Gasteiger partial charge in [-0.2, -0.15) is 0 Å². The summed E-state index contributed by atoms with van der Waals surface area (Å²) in [5.41, 5.74) is 0. The third-order valence-electron chi connectivity index (χ3n) is 15.8. The summed E-state index contributed by atoms with van der Waals surface area (Å²) in [6, 6.07) is -0.812. The molecule has 1 saturated heterocycles. The summed E-state index contributed by atoms with van der Waals surface area (Å²) in [6.07, 6.45) is 58.5. The van der Waals surface area contributed by atoms with Crippen LogP contribution in [-0.2, 0) is 23.8 Å². The molecule has 0 spiro atoms. The van der Waals surface area contributed by atoms with Crippen LogP contribution in [0.2, 0.25) is 0 Å². The molecular formula is C66H125NO10. The van der Waals surface area contributed by atoms with Gasteiger partial charge in [-0.15, -0.1) is 0 Å². The standard InChI is InChI=1S/C66H125NO10/c1-3-5-7-9-11-13-15-29-33-36-40-44-48-52-59(69)58(57-76-66-65(74)64(73)63(72)60(56-68)77-66)67-61(70)53-49-45-41-37-34-30-27-25-23-21-19-17-16-18-20-22-24-26-28-31-35-39-43-47-51-55-75-62(71)54-50-46-42-38-32-14-12-10-8-6-4-2/h17,19,48,52,58-60,63-66,68-69,72-74H,3-16,18,20-47,49-51,53-57H2,1-2H3,(H,67,70)/b19-17-,52-48+. The van der Waals surface area contributed by atoms with Gasteiger partial charge in [0.1, 0.15) is 24.4 Å². The number of esters is 1. The van der Waals surface area contributed by atoms with Crippen molar-refractivity contribution in [3.8, 4) is 0 Å². The Balaban J connectivity index is 2.03. The Labute approximate surface area is 473 Å². The molecule has 1 aliphatic rings. The first-order valence-corrected chi connectivity index (χ1v) is 33.1. The molecule has 454 valence electrons. The largest absolute Gasteiger partial charge is 0.466 e. The molecule has 0 aromatic heterocycles. The van der Waals surface area contributed by atoms with Crippen LogP contribution >= 0.6 is 0 Å². The van der Waals surface area contributed by atoms with Crippen LogP contribution in [-0.4, -0.2) is 100 Å². The van der Waals surface area contributed by atoms with Gasteiger partial charge in [0.15, 0.2) is 6.29 Å². The second-order valence-electron chi connectivity index (χ2n) is 23.2. The second kappa shape index (κ2) is 56.0. The molecule has 1 heterocycles. The summed E-state index contributed by atoms with van der Waals surface area (Å²) in [5, 5.41) is 54.5. The van der Waals surface area contributed by atoms with Crippen molar-refractivity contribution in [1.29, 1.82) is 0 Å². The van der Waals surface area contributed by atoms with Crippen LogP contribution in [0.15, 0.2) is 24.3 Å². The van der Waals surface area contributed by atoms with E-state index in [1.807, 2.05) is 6.08 Å². The lowest BCUT2D eigenvalue weighted by Gasteiger charge is -2.40. The molecule has 11 heteroatoms. The number of aliphatic hydroxyl groups excluding tert-OH is 5. The third-order valence-corrected chi connectivity index (χ3v) is 15.8. The molecule has 0 radical (unpaired) electrons. The minimum atomic E-state index is -1.57. The molecule has 0 aliphatic carbocycles. The number of ether oxygens (including phenoxy) is 3. The minimum Gasteiger partial charge on any atom is -0.466 e. The SMILES string of the molecule is CCCCCCCCCCCCC/C=C/C(O)C(COC1OC(CO)C(O)C(O)C1O)NC(=O)CCCCCCCCCCC/C=C\CCCCCCCCCCCCCCOC(=O)CCCCCCCCCCCCC. The molecule has 1 aliphatic heterocycles. The van der Waals surface area contributed by atoms with Crippen molar-refractivity contribution < 1.29 is 49.3 Å². The summed E-state index contributed by atoms with van der Waals surface area (Å²) >= 11 is 0. The highest BCUT2D eigenvalue weighted by molar-refractivity contribution is 5.76. The van der Waals surface area contributed by atoms with Gasteiger partial charge in [-0.25, -0.2) is 0 Å². The van der Waals surface area contributed by atoms with Crippen LogP contribution in [0.4, 0.5) is 0 Å². The average molecular weight is 1090 g/mol. The molecule has 1 amide bonds. The Morgan fingerprint density at radius 2 is 0.831 bits per heavy atom. The fourth-order valence-electron chi connectivity index (χ4n) is 10.5. The van der Waals surface area contributed by atoms with Crippen molar-refractivity contribution in [2.75, 3.05) is 19.8 Å². The number of aliphatic hydroxyl groups is 5. The number of hydrogen-bond donors (Lipinski definition) is 6. The van der Waals surface area contributed by atoms with Gasteiger partial charge < -0.3 is 45.1 Å². The number of allylic oxidation sites excluding steroid dienone is 3. The number of amides is 1. The molecule has 77 heavy (non-hydrogen) atoms. The van der Waals surface area contributed by atoms with Crippen LogP contribution in [0.5, 0.6) is 0 Å². The predicted molar refractivity (Wildman–Crippen MR) is 320 cm³/mol. The molecule has 6 N–H and O–H groups in total. The number of carbonyl (C=O) groups is 2. The van der Waals surface area contributed by atoms with Crippen LogP contribution in [0.25, 0.3) is 0 Å². The highest BCUT2D eigenvalue weighted by Gasteiger charge is 2.44. The van der Waals surface area contributed by atoms with Crippen LogP contribution < -0.4 is 5.32 Å². The maximum atomic E-state index is 13.1. The van der Waals surface area contributed by atoms with Crippen molar-refractivity contribution >= 4 is 11.9 Å². The van der Waals surface area contributed by atoms with E-state index in [1.54, 1.807) is 6.08 Å². The lowest BCUT2D eigenvalue weighted by atomic mass is 9.99. The first-order valence-electron chi connectivity index (χ1n) is 33.1. The van der Waals surface area contributed by atoms with E-state index in [0.29, 0.717) is 19.4 Å². The van der Waals surface area contributed by atoms with Crippen molar-refractivity contribution in [3.63, 3.8) is 0 Å². The number of rotatable bonds is 58. The third kappa shape index (κ3) is 45.4. The summed E-state index contributed by atoms with van der Waals surface area (Å²) in [4.78, 5) is 25.1. The molecule has 7 unspecified atom stereocenters. The van der Waals surface area contributed by atoms with Gasteiger partial charge in [0.05, 0.1) is 32.0 Å². The van der Waals surface area contributed by atoms with Crippen molar-refractivity contribution in [1.82, 2.24) is 5.32 Å². The molecule has 11 nitrogen and oxygen atoms in total. The maximum Gasteiger partial charge on any atom is 0.305 e. The van der Waals surface area contributed by atoms with Gasteiger partial charge in [-0.3, -0.25) is 9.59 Å². The zero-order chi connectivity index (χ0) is 55.9. The first kappa shape index (κ1) is 73.2. The van der Waals surface area contributed by atoms with E-state index in [2.05, 4.69) is 31.3 Å². The van der Waals surface area contributed by atoms with Crippen molar-refractivity contribution in [3.05, 3.63) is 24.3 Å². The molecule has 1 rings (SSSR count). The van der Waals surface area contributed by atoms with Gasteiger partial charge in [0.25, 0.3) is 0 Å². The van der Waals surface area contributed by atoms with Crippen LogP contribution in [0, 0.1) is 0 Å². The fourth-order valence-corrected chi connectivity index (χ4v) is 10.5. The Morgan fingerprint density at radius 1 is 0.468 bits per heavy atom. The molecule has 1 fully saturated rings. The maximum absolute atomic E-state index is 13.1. The molecule has 0 aromatic carbocycles. The quantitative estimate of drug-likeness (QED) is 0.0195. The Kier molecular flexibility index (Phi) is 53.2. The number of nitrogens with one attached hydrogen (secondary N) is 1. The second-order valence-corrected chi connectivity index (χ2v) is 23.2. The monoisotopic (exact) mass is 1090 g/mol. The lowest BCUT2D eigenvalue weighted by molar-refractivity contribution is -0.302. The first-order chi connectivity index (χ1) is 37.7. The van der Waals surface area contributed by atoms with Crippen LogP contribution in [0.3, 0.4) is 0 Å². The van der Waals surface area contributed by atoms with Gasteiger partial charge >= 0.3 is 5.97 Å². The van der Waals surface area contributed by atoms with E-state index in [9.17, 15) is 35.1 Å². The van der Waals surface area contributed by atoms with Gasteiger partial charge in [0.2, 0.25) is 5.91 Å².